The highest BCUT2D eigenvalue weighted by Gasteiger charge is 2.32. The molecule has 0 atom stereocenters. The fraction of sp³-hybridized carbons (Fsp3) is 0.111. The standard InChI is InChI=1S/C18H14N2O4S2/c1-13-3-7-15(8-4-13)25(21,22)17(11-19)18(12-20)26(23,24)16-9-5-14(2)6-10-16/h3-10H,1-2H3. The molecule has 132 valence electrons. The molecule has 0 saturated heterocycles. The maximum absolute atomic E-state index is 12.7. The highest BCUT2D eigenvalue weighted by Crippen LogP contribution is 2.28. The summed E-state index contributed by atoms with van der Waals surface area (Å²) in [6.07, 6.45) is 0. The predicted octanol–water partition coefficient (Wildman–Crippen LogP) is 2.81. The molecule has 0 unspecified atom stereocenters. The van der Waals surface area contributed by atoms with Crippen LogP contribution in [0.25, 0.3) is 0 Å². The Labute approximate surface area is 152 Å². The van der Waals surface area contributed by atoms with E-state index in [4.69, 9.17) is 0 Å². The molecule has 0 heterocycles. The van der Waals surface area contributed by atoms with E-state index in [0.29, 0.717) is 0 Å². The average molecular weight is 386 g/mol. The fourth-order valence-electron chi connectivity index (χ4n) is 2.14. The van der Waals surface area contributed by atoms with Crippen LogP contribution in [0.15, 0.2) is 68.1 Å². The van der Waals surface area contributed by atoms with Gasteiger partial charge in [0.1, 0.15) is 12.1 Å². The van der Waals surface area contributed by atoms with E-state index in [1.54, 1.807) is 13.8 Å². The number of sulfone groups is 2. The van der Waals surface area contributed by atoms with Gasteiger partial charge in [0.25, 0.3) is 0 Å². The van der Waals surface area contributed by atoms with E-state index in [0.717, 1.165) is 11.1 Å². The Morgan fingerprint density at radius 3 is 1.15 bits per heavy atom. The summed E-state index contributed by atoms with van der Waals surface area (Å²) in [6, 6.07) is 13.9. The monoisotopic (exact) mass is 386 g/mol. The van der Waals surface area contributed by atoms with E-state index in [1.807, 2.05) is 0 Å². The smallest absolute Gasteiger partial charge is 0.218 e. The Kier molecular flexibility index (Phi) is 5.31. The van der Waals surface area contributed by atoms with Crippen molar-refractivity contribution in [2.75, 3.05) is 0 Å². The van der Waals surface area contributed by atoms with Crippen molar-refractivity contribution in [3.8, 4) is 12.1 Å². The molecule has 0 radical (unpaired) electrons. The SMILES string of the molecule is Cc1ccc(S(=O)(=O)C(C#N)=C(C#N)S(=O)(=O)c2ccc(C)cc2)cc1. The lowest BCUT2D eigenvalue weighted by molar-refractivity contribution is 0.598. The van der Waals surface area contributed by atoms with E-state index in [9.17, 15) is 27.4 Å². The minimum atomic E-state index is -4.46. The number of hydrogen-bond acceptors (Lipinski definition) is 6. The van der Waals surface area contributed by atoms with E-state index in [-0.39, 0.29) is 9.79 Å². The number of benzene rings is 2. The van der Waals surface area contributed by atoms with Gasteiger partial charge >= 0.3 is 0 Å². The number of allylic oxidation sites excluding steroid dienone is 2. The van der Waals surface area contributed by atoms with Gasteiger partial charge in [0, 0.05) is 0 Å². The largest absolute Gasteiger partial charge is 0.218 e. The van der Waals surface area contributed by atoms with Gasteiger partial charge in [0.05, 0.1) is 9.79 Å². The lowest BCUT2D eigenvalue weighted by Gasteiger charge is -2.08. The zero-order chi connectivity index (χ0) is 19.5. The molecule has 0 aromatic heterocycles. The van der Waals surface area contributed by atoms with Crippen molar-refractivity contribution < 1.29 is 16.8 Å². The van der Waals surface area contributed by atoms with Gasteiger partial charge < -0.3 is 0 Å². The molecule has 26 heavy (non-hydrogen) atoms. The van der Waals surface area contributed by atoms with E-state index in [2.05, 4.69) is 0 Å². The molecule has 0 aliphatic heterocycles. The van der Waals surface area contributed by atoms with Gasteiger partial charge in [-0.15, -0.1) is 0 Å². The predicted molar refractivity (Wildman–Crippen MR) is 95.0 cm³/mol. The van der Waals surface area contributed by atoms with Crippen LogP contribution >= 0.6 is 0 Å². The molecule has 0 saturated carbocycles. The van der Waals surface area contributed by atoms with Crippen molar-refractivity contribution in [1.29, 1.82) is 10.5 Å². The average Bonchev–Trinajstić information content (AvgIpc) is 2.59. The molecule has 6 nitrogen and oxygen atoms in total. The first-order valence-corrected chi connectivity index (χ1v) is 10.3. The zero-order valence-corrected chi connectivity index (χ0v) is 15.6. The Balaban J connectivity index is 2.76. The summed E-state index contributed by atoms with van der Waals surface area (Å²) in [5.74, 6) is 0. The van der Waals surface area contributed by atoms with Gasteiger partial charge in [-0.25, -0.2) is 16.8 Å². The highest BCUT2D eigenvalue weighted by atomic mass is 32.2. The van der Waals surface area contributed by atoms with Crippen LogP contribution in [0.4, 0.5) is 0 Å². The summed E-state index contributed by atoms with van der Waals surface area (Å²) in [7, 11) is -8.92. The van der Waals surface area contributed by atoms with Crippen LogP contribution in [-0.2, 0) is 19.7 Å². The first kappa shape index (κ1) is 19.4. The van der Waals surface area contributed by atoms with Gasteiger partial charge in [-0.2, -0.15) is 10.5 Å². The number of nitrogens with zero attached hydrogens (tertiary/aromatic N) is 2. The third kappa shape index (κ3) is 3.52. The number of aryl methyl sites for hydroxylation is 2. The fourth-order valence-corrected chi connectivity index (χ4v) is 5.07. The molecule has 0 aliphatic carbocycles. The molecule has 2 aromatic carbocycles. The first-order valence-electron chi connectivity index (χ1n) is 7.32. The molecule has 0 bridgehead atoms. The van der Waals surface area contributed by atoms with Crippen molar-refractivity contribution in [3.63, 3.8) is 0 Å². The van der Waals surface area contributed by atoms with Crippen LogP contribution < -0.4 is 0 Å². The van der Waals surface area contributed by atoms with E-state index in [1.165, 1.54) is 60.7 Å². The second kappa shape index (κ2) is 7.12. The third-order valence-corrected chi connectivity index (χ3v) is 7.19. The zero-order valence-electron chi connectivity index (χ0n) is 14.0. The summed E-state index contributed by atoms with van der Waals surface area (Å²) in [5.41, 5.74) is 1.58. The van der Waals surface area contributed by atoms with Gasteiger partial charge in [-0.3, -0.25) is 0 Å². The van der Waals surface area contributed by atoms with Crippen molar-refractivity contribution in [2.24, 2.45) is 0 Å². The Morgan fingerprint density at radius 2 is 0.923 bits per heavy atom. The molecule has 2 aromatic rings. The molecule has 0 amide bonds. The summed E-state index contributed by atoms with van der Waals surface area (Å²) in [4.78, 5) is -2.70. The van der Waals surface area contributed by atoms with Crippen LogP contribution in [0.1, 0.15) is 11.1 Å². The van der Waals surface area contributed by atoms with Gasteiger partial charge in [-0.05, 0) is 38.1 Å². The molecule has 0 N–H and O–H groups in total. The molecule has 8 heteroatoms. The van der Waals surface area contributed by atoms with Gasteiger partial charge in [0.2, 0.25) is 19.7 Å². The number of rotatable bonds is 4. The van der Waals surface area contributed by atoms with Crippen molar-refractivity contribution >= 4 is 19.7 Å². The van der Waals surface area contributed by atoms with Crippen molar-refractivity contribution in [2.45, 2.75) is 23.6 Å². The quantitative estimate of drug-likeness (QED) is 0.746. The summed E-state index contributed by atoms with van der Waals surface area (Å²) >= 11 is 0. The Morgan fingerprint density at radius 1 is 0.654 bits per heavy atom. The summed E-state index contributed by atoms with van der Waals surface area (Å²) < 4.78 is 50.8. The van der Waals surface area contributed by atoms with Crippen LogP contribution in [-0.4, -0.2) is 16.8 Å². The molecular weight excluding hydrogens is 372 g/mol. The summed E-state index contributed by atoms with van der Waals surface area (Å²) in [5, 5.41) is 18.7. The highest BCUT2D eigenvalue weighted by molar-refractivity contribution is 7.99. The van der Waals surface area contributed by atoms with Gasteiger partial charge in [0.15, 0.2) is 9.81 Å². The van der Waals surface area contributed by atoms with E-state index >= 15 is 0 Å². The molecule has 0 fully saturated rings. The second-order valence-corrected chi connectivity index (χ2v) is 9.29. The second-order valence-electron chi connectivity index (χ2n) is 5.51. The Hall–Kier alpha value is -2.94. The molecule has 2 rings (SSSR count). The number of hydrogen-bond donors (Lipinski definition) is 0. The van der Waals surface area contributed by atoms with Crippen LogP contribution in [0.3, 0.4) is 0 Å². The Bertz CT molecular complexity index is 1070. The maximum Gasteiger partial charge on any atom is 0.218 e. The molecule has 0 aliphatic rings. The number of nitriles is 2. The maximum atomic E-state index is 12.7. The van der Waals surface area contributed by atoms with Gasteiger partial charge in [-0.1, -0.05) is 35.4 Å². The van der Waals surface area contributed by atoms with E-state index < -0.39 is 29.5 Å². The topological polar surface area (TPSA) is 116 Å². The normalized spacial score (nSPS) is 12.6. The molecular formula is C18H14N2O4S2. The minimum absolute atomic E-state index is 0.258. The lowest BCUT2D eigenvalue weighted by atomic mass is 10.2. The first-order chi connectivity index (χ1) is 12.1. The van der Waals surface area contributed by atoms with Crippen LogP contribution in [0.5, 0.6) is 0 Å². The minimum Gasteiger partial charge on any atom is -0.218 e. The van der Waals surface area contributed by atoms with Crippen molar-refractivity contribution in [3.05, 3.63) is 69.5 Å². The third-order valence-electron chi connectivity index (χ3n) is 3.61. The van der Waals surface area contributed by atoms with Crippen LogP contribution in [0, 0.1) is 36.5 Å². The van der Waals surface area contributed by atoms with Crippen molar-refractivity contribution in [1.82, 2.24) is 0 Å². The summed E-state index contributed by atoms with van der Waals surface area (Å²) in [6.45, 7) is 3.50. The lowest BCUT2D eigenvalue weighted by Crippen LogP contribution is -2.12. The van der Waals surface area contributed by atoms with Crippen LogP contribution in [0.2, 0.25) is 0 Å². The molecule has 0 spiro atoms.